The van der Waals surface area contributed by atoms with E-state index < -0.39 is 16.6 Å². The first-order chi connectivity index (χ1) is 10.6. The molecule has 112 valence electrons. The van der Waals surface area contributed by atoms with Gasteiger partial charge in [-0.05, 0) is 30.3 Å². The molecule has 2 aromatic rings. The highest BCUT2D eigenvalue weighted by Crippen LogP contribution is 2.27. The molecular weight excluding hydrogens is 303 g/mol. The van der Waals surface area contributed by atoms with Crippen LogP contribution in [-0.4, -0.2) is 10.4 Å². The number of para-hydroxylation sites is 1. The van der Waals surface area contributed by atoms with Crippen LogP contribution in [0.4, 0.5) is 10.1 Å². The first-order valence-electron chi connectivity index (χ1n) is 6.43. The first kappa shape index (κ1) is 14.4. The summed E-state index contributed by atoms with van der Waals surface area (Å²) in [7, 11) is -1.68. The molecule has 0 spiro atoms. The van der Waals surface area contributed by atoms with Crippen LogP contribution in [-0.2, 0) is 10.8 Å². The summed E-state index contributed by atoms with van der Waals surface area (Å²) >= 11 is 0. The van der Waals surface area contributed by atoms with Gasteiger partial charge in [-0.3, -0.25) is 5.01 Å². The van der Waals surface area contributed by atoms with E-state index in [0.717, 1.165) is 5.56 Å². The van der Waals surface area contributed by atoms with Gasteiger partial charge >= 0.3 is 0 Å². The van der Waals surface area contributed by atoms with Crippen molar-refractivity contribution in [3.05, 3.63) is 70.8 Å². The topological polar surface area (TPSA) is 84.7 Å². The van der Waals surface area contributed by atoms with Gasteiger partial charge < -0.3 is 5.73 Å². The number of hydrogen-bond acceptors (Lipinski definition) is 5. The Bertz CT molecular complexity index is 801. The molecular formula is C15H13FN4OS. The van der Waals surface area contributed by atoms with E-state index in [9.17, 15) is 8.60 Å². The molecule has 0 radical (unpaired) electrons. The summed E-state index contributed by atoms with van der Waals surface area (Å²) in [6.45, 7) is 0. The van der Waals surface area contributed by atoms with Crippen molar-refractivity contribution in [3.8, 4) is 0 Å². The molecule has 2 aromatic carbocycles. The van der Waals surface area contributed by atoms with Gasteiger partial charge in [0.1, 0.15) is 21.6 Å². The zero-order valence-corrected chi connectivity index (χ0v) is 12.3. The van der Waals surface area contributed by atoms with E-state index >= 15 is 0 Å². The van der Waals surface area contributed by atoms with E-state index in [1.165, 1.54) is 29.3 Å². The van der Waals surface area contributed by atoms with Crippen LogP contribution in [0, 0.1) is 5.82 Å². The van der Waals surface area contributed by atoms with E-state index in [1.807, 2.05) is 24.3 Å². The van der Waals surface area contributed by atoms with Crippen LogP contribution in [0.15, 0.2) is 69.3 Å². The van der Waals surface area contributed by atoms with Crippen LogP contribution in [0.5, 0.6) is 0 Å². The molecule has 1 aliphatic heterocycles. The van der Waals surface area contributed by atoms with Crippen LogP contribution >= 0.6 is 0 Å². The van der Waals surface area contributed by atoms with Crippen molar-refractivity contribution in [2.24, 2.45) is 16.6 Å². The molecule has 0 aliphatic carbocycles. The molecule has 5 nitrogen and oxygen atoms in total. The highest BCUT2D eigenvalue weighted by molar-refractivity contribution is 7.89. The smallest absolute Gasteiger partial charge is 0.180 e. The van der Waals surface area contributed by atoms with Crippen LogP contribution < -0.4 is 16.6 Å². The fourth-order valence-corrected chi connectivity index (χ4v) is 3.03. The number of nitrogens with zero attached hydrogens (tertiary/aromatic N) is 2. The zero-order chi connectivity index (χ0) is 15.7. The summed E-state index contributed by atoms with van der Waals surface area (Å²) in [4.78, 5) is 4.56. The van der Waals surface area contributed by atoms with Gasteiger partial charge in [0.05, 0.1) is 5.69 Å². The fourth-order valence-electron chi connectivity index (χ4n) is 2.07. The fraction of sp³-hybridized carbons (Fsp3) is 0. The molecule has 1 aliphatic rings. The number of fused-ring (bicyclic) bond motifs is 1. The third kappa shape index (κ3) is 2.51. The second kappa shape index (κ2) is 5.70. The van der Waals surface area contributed by atoms with Crippen molar-refractivity contribution >= 4 is 22.7 Å². The maximum atomic E-state index is 12.9. The third-order valence-electron chi connectivity index (χ3n) is 3.20. The maximum Gasteiger partial charge on any atom is 0.180 e. The highest BCUT2D eigenvalue weighted by atomic mass is 32.2. The van der Waals surface area contributed by atoms with Gasteiger partial charge in [0.2, 0.25) is 0 Å². The Balaban J connectivity index is 2.00. The Kier molecular flexibility index (Phi) is 3.74. The number of rotatable bonds is 2. The number of aliphatic imine (C=N–C) groups is 1. The Morgan fingerprint density at radius 1 is 1.14 bits per heavy atom. The average Bonchev–Trinajstić information content (AvgIpc) is 2.55. The van der Waals surface area contributed by atoms with Crippen molar-refractivity contribution in [1.29, 1.82) is 0 Å². The molecule has 1 atom stereocenters. The molecule has 0 saturated carbocycles. The second-order valence-corrected chi connectivity index (χ2v) is 6.05. The van der Waals surface area contributed by atoms with Crippen molar-refractivity contribution in [1.82, 2.24) is 0 Å². The predicted molar refractivity (Wildman–Crippen MR) is 84.7 cm³/mol. The van der Waals surface area contributed by atoms with Gasteiger partial charge in [0, 0.05) is 16.7 Å². The first-order valence-corrected chi connectivity index (χ1v) is 7.58. The average molecular weight is 316 g/mol. The minimum Gasteiger partial charge on any atom is -0.388 e. The summed E-state index contributed by atoms with van der Waals surface area (Å²) < 4.78 is 25.4. The zero-order valence-electron chi connectivity index (χ0n) is 11.4. The lowest BCUT2D eigenvalue weighted by Gasteiger charge is -2.25. The van der Waals surface area contributed by atoms with Crippen molar-refractivity contribution in [3.63, 3.8) is 0 Å². The molecule has 0 saturated heterocycles. The number of halogens is 1. The maximum absolute atomic E-state index is 12.9. The molecule has 0 fully saturated rings. The summed E-state index contributed by atoms with van der Waals surface area (Å²) in [5.74, 6) is 5.82. The summed E-state index contributed by atoms with van der Waals surface area (Å²) in [6.07, 6.45) is 1.61. The Morgan fingerprint density at radius 3 is 2.55 bits per heavy atom. The van der Waals surface area contributed by atoms with Crippen LogP contribution in [0.2, 0.25) is 0 Å². The Hall–Kier alpha value is -2.51. The van der Waals surface area contributed by atoms with Gasteiger partial charge in [-0.15, -0.1) is 0 Å². The predicted octanol–water partition coefficient (Wildman–Crippen LogP) is 1.83. The quantitative estimate of drug-likeness (QED) is 0.828. The number of nitrogens with two attached hydrogens (primary N) is 2. The molecule has 1 heterocycles. The van der Waals surface area contributed by atoms with Crippen molar-refractivity contribution < 1.29 is 8.60 Å². The SMILES string of the molecule is N/C(=C1/N=Cc2ccccc2N1N)S(=O)c1ccc(F)cc1. The lowest BCUT2D eigenvalue weighted by Crippen LogP contribution is -2.35. The molecule has 0 aromatic heterocycles. The van der Waals surface area contributed by atoms with Crippen LogP contribution in [0.3, 0.4) is 0 Å². The summed E-state index contributed by atoms with van der Waals surface area (Å²) in [5.41, 5.74) is 7.52. The molecule has 4 N–H and O–H groups in total. The lowest BCUT2D eigenvalue weighted by molar-refractivity contribution is 0.626. The van der Waals surface area contributed by atoms with Crippen molar-refractivity contribution in [2.45, 2.75) is 4.90 Å². The minimum atomic E-state index is -1.68. The van der Waals surface area contributed by atoms with Crippen LogP contribution in [0.25, 0.3) is 0 Å². The number of benzene rings is 2. The summed E-state index contributed by atoms with van der Waals surface area (Å²) in [6, 6.07) is 12.7. The van der Waals surface area contributed by atoms with E-state index in [-0.39, 0.29) is 10.9 Å². The van der Waals surface area contributed by atoms with Crippen molar-refractivity contribution in [2.75, 3.05) is 5.01 Å². The molecule has 7 heteroatoms. The molecule has 1 unspecified atom stereocenters. The molecule has 3 rings (SSSR count). The third-order valence-corrected chi connectivity index (χ3v) is 4.48. The van der Waals surface area contributed by atoms with Crippen LogP contribution in [0.1, 0.15) is 5.56 Å². The Morgan fingerprint density at radius 2 is 1.82 bits per heavy atom. The standard InChI is InChI=1S/C15H13FN4OS/c16-11-5-7-12(8-6-11)22(21)14(17)15-19-9-10-3-1-2-4-13(10)20(15)18/h1-9H,17-18H2/b15-14+. The van der Waals surface area contributed by atoms with E-state index in [1.54, 1.807) is 6.21 Å². The van der Waals surface area contributed by atoms with Gasteiger partial charge in [0.15, 0.2) is 5.82 Å². The number of hydrazine groups is 1. The largest absolute Gasteiger partial charge is 0.388 e. The minimum absolute atomic E-state index is 0.0138. The summed E-state index contributed by atoms with van der Waals surface area (Å²) in [5, 5.41) is 1.31. The van der Waals surface area contributed by atoms with Gasteiger partial charge in [-0.1, -0.05) is 18.2 Å². The molecule has 0 bridgehead atoms. The van der Waals surface area contributed by atoms with E-state index in [2.05, 4.69) is 4.99 Å². The Labute approximate surface area is 129 Å². The molecule has 0 amide bonds. The second-order valence-electron chi connectivity index (χ2n) is 4.60. The van der Waals surface area contributed by atoms with Gasteiger partial charge in [-0.2, -0.15) is 0 Å². The normalized spacial score (nSPS) is 17.1. The van der Waals surface area contributed by atoms with E-state index in [0.29, 0.717) is 10.6 Å². The van der Waals surface area contributed by atoms with Gasteiger partial charge in [0.25, 0.3) is 0 Å². The number of anilines is 1. The molecule has 22 heavy (non-hydrogen) atoms. The number of hydrogen-bond donors (Lipinski definition) is 2. The highest BCUT2D eigenvalue weighted by Gasteiger charge is 2.21. The van der Waals surface area contributed by atoms with Gasteiger partial charge in [-0.25, -0.2) is 19.4 Å². The van der Waals surface area contributed by atoms with E-state index in [4.69, 9.17) is 11.6 Å². The lowest BCUT2D eigenvalue weighted by atomic mass is 10.1. The monoisotopic (exact) mass is 316 g/mol.